The van der Waals surface area contributed by atoms with Crippen LogP contribution in [0.15, 0.2) is 24.3 Å². The third-order valence-corrected chi connectivity index (χ3v) is 2.83. The highest BCUT2D eigenvalue weighted by Crippen LogP contribution is 2.09. The first-order valence-corrected chi connectivity index (χ1v) is 7.41. The Kier molecular flexibility index (Phi) is 6.68. The lowest BCUT2D eigenvalue weighted by Gasteiger charge is -2.24. The van der Waals surface area contributed by atoms with Gasteiger partial charge in [-0.3, -0.25) is 0 Å². The Hall–Kier alpha value is -2.44. The van der Waals surface area contributed by atoms with Crippen molar-refractivity contribution in [3.63, 3.8) is 0 Å². The van der Waals surface area contributed by atoms with Gasteiger partial charge in [-0.05, 0) is 38.5 Å². The summed E-state index contributed by atoms with van der Waals surface area (Å²) in [7, 11) is 1.62. The Morgan fingerprint density at radius 1 is 1.17 bits per heavy atom. The maximum Gasteiger partial charge on any atom is 0.410 e. The van der Waals surface area contributed by atoms with Gasteiger partial charge in [0.25, 0.3) is 0 Å². The zero-order valence-electron chi connectivity index (χ0n) is 14.0. The molecule has 1 aromatic carbocycles. The summed E-state index contributed by atoms with van der Waals surface area (Å²) < 4.78 is 5.21. The average molecular weight is 323 g/mol. The zero-order valence-corrected chi connectivity index (χ0v) is 14.0. The van der Waals surface area contributed by atoms with Gasteiger partial charge in [0, 0.05) is 26.7 Å². The SMILES string of the molecule is CN(CCNC(=O)NCc1ccc(O)cc1)C(=O)OC(C)(C)C. The average Bonchev–Trinajstić information content (AvgIpc) is 2.44. The summed E-state index contributed by atoms with van der Waals surface area (Å²) in [6.45, 7) is 6.42. The van der Waals surface area contributed by atoms with Gasteiger partial charge in [-0.15, -0.1) is 0 Å². The molecule has 0 aliphatic carbocycles. The van der Waals surface area contributed by atoms with Gasteiger partial charge in [0.15, 0.2) is 0 Å². The highest BCUT2D eigenvalue weighted by Gasteiger charge is 2.19. The zero-order chi connectivity index (χ0) is 17.5. The van der Waals surface area contributed by atoms with Crippen molar-refractivity contribution in [1.29, 1.82) is 0 Å². The van der Waals surface area contributed by atoms with Crippen LogP contribution in [0.5, 0.6) is 5.75 Å². The van der Waals surface area contributed by atoms with Gasteiger partial charge < -0.3 is 25.4 Å². The first kappa shape index (κ1) is 18.6. The second-order valence-electron chi connectivity index (χ2n) is 6.18. The number of carbonyl (C=O) groups is 2. The minimum absolute atomic E-state index is 0.184. The van der Waals surface area contributed by atoms with Crippen LogP contribution in [0.4, 0.5) is 9.59 Å². The van der Waals surface area contributed by atoms with E-state index < -0.39 is 11.7 Å². The number of likely N-dealkylation sites (N-methyl/N-ethyl adjacent to an activating group) is 1. The second kappa shape index (κ2) is 8.26. The van der Waals surface area contributed by atoms with Crippen LogP contribution in [0, 0.1) is 0 Å². The van der Waals surface area contributed by atoms with Crippen molar-refractivity contribution in [3.8, 4) is 5.75 Å². The van der Waals surface area contributed by atoms with Gasteiger partial charge in [0.2, 0.25) is 0 Å². The van der Waals surface area contributed by atoms with Crippen molar-refractivity contribution in [1.82, 2.24) is 15.5 Å². The van der Waals surface area contributed by atoms with Crippen molar-refractivity contribution in [2.45, 2.75) is 32.9 Å². The maximum absolute atomic E-state index is 11.7. The fourth-order valence-corrected chi connectivity index (χ4v) is 1.63. The summed E-state index contributed by atoms with van der Waals surface area (Å²) in [5.41, 5.74) is 0.337. The van der Waals surface area contributed by atoms with Crippen molar-refractivity contribution in [3.05, 3.63) is 29.8 Å². The molecule has 0 atom stereocenters. The van der Waals surface area contributed by atoms with Crippen molar-refractivity contribution in [2.75, 3.05) is 20.1 Å². The van der Waals surface area contributed by atoms with Crippen molar-refractivity contribution < 1.29 is 19.4 Å². The normalized spacial score (nSPS) is 10.8. The number of ether oxygens (including phenoxy) is 1. The molecule has 3 N–H and O–H groups in total. The summed E-state index contributed by atoms with van der Waals surface area (Å²) >= 11 is 0. The van der Waals surface area contributed by atoms with E-state index in [9.17, 15) is 14.7 Å². The number of hydrogen-bond acceptors (Lipinski definition) is 4. The fraction of sp³-hybridized carbons (Fsp3) is 0.500. The minimum atomic E-state index is -0.541. The second-order valence-corrected chi connectivity index (χ2v) is 6.18. The van der Waals surface area contributed by atoms with Gasteiger partial charge in [0.1, 0.15) is 11.4 Å². The van der Waals surface area contributed by atoms with E-state index in [0.29, 0.717) is 19.6 Å². The molecule has 23 heavy (non-hydrogen) atoms. The Labute approximate surface area is 136 Å². The van der Waals surface area contributed by atoms with E-state index in [1.807, 2.05) is 0 Å². The summed E-state index contributed by atoms with van der Waals surface area (Å²) in [6.07, 6.45) is -0.427. The number of urea groups is 1. The number of phenolic OH excluding ortho intramolecular Hbond substituents is 1. The quantitative estimate of drug-likeness (QED) is 0.773. The predicted molar refractivity (Wildman–Crippen MR) is 87.2 cm³/mol. The fourth-order valence-electron chi connectivity index (χ4n) is 1.63. The number of aromatic hydroxyl groups is 1. The first-order valence-electron chi connectivity index (χ1n) is 7.41. The van der Waals surface area contributed by atoms with E-state index in [1.54, 1.807) is 52.1 Å². The van der Waals surface area contributed by atoms with Gasteiger partial charge >= 0.3 is 12.1 Å². The lowest BCUT2D eigenvalue weighted by Crippen LogP contribution is -2.42. The van der Waals surface area contributed by atoms with Crippen LogP contribution in [0.1, 0.15) is 26.3 Å². The molecule has 0 spiro atoms. The monoisotopic (exact) mass is 323 g/mol. The summed E-state index contributed by atoms with van der Waals surface area (Å²) in [4.78, 5) is 24.8. The number of rotatable bonds is 5. The summed E-state index contributed by atoms with van der Waals surface area (Å²) in [5, 5.41) is 14.5. The Bertz CT molecular complexity index is 523. The van der Waals surface area contributed by atoms with Gasteiger partial charge in [-0.1, -0.05) is 12.1 Å². The molecular formula is C16H25N3O4. The summed E-state index contributed by atoms with van der Waals surface area (Å²) in [6, 6.07) is 6.25. The highest BCUT2D eigenvalue weighted by molar-refractivity contribution is 5.74. The molecule has 0 saturated carbocycles. The number of amides is 3. The molecule has 7 heteroatoms. The summed E-state index contributed by atoms with van der Waals surface area (Å²) in [5.74, 6) is 0.184. The largest absolute Gasteiger partial charge is 0.508 e. The standard InChI is InChI=1S/C16H25N3O4/c1-16(2,3)23-15(22)19(4)10-9-17-14(21)18-11-12-5-7-13(20)8-6-12/h5-8,20H,9-11H2,1-4H3,(H2,17,18,21). The van der Waals surface area contributed by atoms with Crippen LogP contribution in [-0.4, -0.2) is 47.9 Å². The molecule has 0 aliphatic heterocycles. The van der Waals surface area contributed by atoms with Crippen LogP contribution in [-0.2, 0) is 11.3 Å². The number of benzene rings is 1. The molecule has 3 amide bonds. The molecule has 0 aliphatic rings. The first-order chi connectivity index (χ1) is 10.7. The Morgan fingerprint density at radius 2 is 1.78 bits per heavy atom. The Balaban J connectivity index is 2.23. The molecule has 0 aromatic heterocycles. The molecule has 0 radical (unpaired) electrons. The number of nitrogens with zero attached hydrogens (tertiary/aromatic N) is 1. The van der Waals surface area contributed by atoms with Crippen molar-refractivity contribution in [2.24, 2.45) is 0 Å². The molecule has 0 unspecified atom stereocenters. The molecule has 1 aromatic rings. The van der Waals surface area contributed by atoms with Crippen LogP contribution >= 0.6 is 0 Å². The minimum Gasteiger partial charge on any atom is -0.508 e. The predicted octanol–water partition coefficient (Wildman–Crippen LogP) is 2.06. The molecule has 1 rings (SSSR count). The lowest BCUT2D eigenvalue weighted by atomic mass is 10.2. The van der Waals surface area contributed by atoms with Crippen LogP contribution in [0.3, 0.4) is 0 Å². The smallest absolute Gasteiger partial charge is 0.410 e. The third kappa shape index (κ3) is 7.94. The maximum atomic E-state index is 11.7. The third-order valence-electron chi connectivity index (χ3n) is 2.83. The molecule has 7 nitrogen and oxygen atoms in total. The Morgan fingerprint density at radius 3 is 2.35 bits per heavy atom. The topological polar surface area (TPSA) is 90.9 Å². The molecule has 0 fully saturated rings. The van der Waals surface area contributed by atoms with E-state index in [4.69, 9.17) is 4.74 Å². The molecular weight excluding hydrogens is 298 g/mol. The van der Waals surface area contributed by atoms with Crippen LogP contribution < -0.4 is 10.6 Å². The van der Waals surface area contributed by atoms with Crippen molar-refractivity contribution >= 4 is 12.1 Å². The highest BCUT2D eigenvalue weighted by atomic mass is 16.6. The van der Waals surface area contributed by atoms with Crippen LogP contribution in [0.25, 0.3) is 0 Å². The van der Waals surface area contributed by atoms with E-state index in [1.165, 1.54) is 4.90 Å². The van der Waals surface area contributed by atoms with E-state index in [2.05, 4.69) is 10.6 Å². The van der Waals surface area contributed by atoms with Gasteiger partial charge in [-0.25, -0.2) is 9.59 Å². The molecule has 128 valence electrons. The number of phenols is 1. The number of hydrogen-bond donors (Lipinski definition) is 3. The van der Waals surface area contributed by atoms with E-state index in [-0.39, 0.29) is 11.8 Å². The number of nitrogens with one attached hydrogen (secondary N) is 2. The van der Waals surface area contributed by atoms with Gasteiger partial charge in [0.05, 0.1) is 0 Å². The van der Waals surface area contributed by atoms with Gasteiger partial charge in [-0.2, -0.15) is 0 Å². The van der Waals surface area contributed by atoms with E-state index in [0.717, 1.165) is 5.56 Å². The van der Waals surface area contributed by atoms with Crippen LogP contribution in [0.2, 0.25) is 0 Å². The molecule has 0 bridgehead atoms. The lowest BCUT2D eigenvalue weighted by molar-refractivity contribution is 0.0301. The number of carbonyl (C=O) groups excluding carboxylic acids is 2. The van der Waals surface area contributed by atoms with E-state index >= 15 is 0 Å². The molecule has 0 heterocycles. The molecule has 0 saturated heterocycles.